The van der Waals surface area contributed by atoms with Crippen LogP contribution in [0.1, 0.15) is 18.9 Å². The highest BCUT2D eigenvalue weighted by molar-refractivity contribution is 14.1. The molecule has 0 spiro atoms. The van der Waals surface area contributed by atoms with Gasteiger partial charge in [-0.05, 0) is 71.0 Å². The number of benzene rings is 2. The van der Waals surface area contributed by atoms with Gasteiger partial charge in [-0.15, -0.1) is 0 Å². The number of anilines is 1. The van der Waals surface area contributed by atoms with Crippen LogP contribution in [0.2, 0.25) is 0 Å². The second kappa shape index (κ2) is 8.22. The molecule has 0 bridgehead atoms. The minimum Gasteiger partial charge on any atom is -0.493 e. The zero-order chi connectivity index (χ0) is 15.9. The van der Waals surface area contributed by atoms with Crippen LogP contribution in [-0.4, -0.2) is 13.7 Å². The molecular formula is C17H19FINO2. The molecular weight excluding hydrogens is 396 g/mol. The zero-order valence-corrected chi connectivity index (χ0v) is 14.8. The Morgan fingerprint density at radius 3 is 2.55 bits per heavy atom. The number of hydrogen-bond acceptors (Lipinski definition) is 3. The van der Waals surface area contributed by atoms with Crippen molar-refractivity contribution < 1.29 is 13.9 Å². The second-order valence-corrected chi connectivity index (χ2v) is 5.98. The van der Waals surface area contributed by atoms with Gasteiger partial charge in [0.15, 0.2) is 11.5 Å². The summed E-state index contributed by atoms with van der Waals surface area (Å²) in [6.07, 6.45) is 0.951. The first-order valence-electron chi connectivity index (χ1n) is 7.12. The largest absolute Gasteiger partial charge is 0.493 e. The van der Waals surface area contributed by atoms with E-state index in [1.54, 1.807) is 19.2 Å². The third-order valence-electron chi connectivity index (χ3n) is 3.08. The Bertz CT molecular complexity index is 617. The highest BCUT2D eigenvalue weighted by atomic mass is 127. The Hall–Kier alpha value is -1.50. The molecule has 0 saturated heterocycles. The van der Waals surface area contributed by atoms with Crippen LogP contribution in [-0.2, 0) is 6.54 Å². The Morgan fingerprint density at radius 1 is 1.18 bits per heavy atom. The van der Waals surface area contributed by atoms with Gasteiger partial charge in [-0.25, -0.2) is 4.39 Å². The zero-order valence-electron chi connectivity index (χ0n) is 12.7. The molecule has 0 unspecified atom stereocenters. The van der Waals surface area contributed by atoms with Gasteiger partial charge < -0.3 is 14.8 Å². The predicted molar refractivity (Wildman–Crippen MR) is 95.2 cm³/mol. The van der Waals surface area contributed by atoms with Crippen molar-refractivity contribution in [2.75, 3.05) is 19.0 Å². The number of hydrogen-bond donors (Lipinski definition) is 1. The molecule has 22 heavy (non-hydrogen) atoms. The van der Waals surface area contributed by atoms with Gasteiger partial charge in [0.05, 0.1) is 17.3 Å². The minimum atomic E-state index is -0.237. The lowest BCUT2D eigenvalue weighted by atomic mass is 10.2. The molecule has 0 aliphatic carbocycles. The van der Waals surface area contributed by atoms with Crippen LogP contribution >= 0.6 is 22.6 Å². The van der Waals surface area contributed by atoms with Gasteiger partial charge in [0.1, 0.15) is 5.82 Å². The molecule has 3 nitrogen and oxygen atoms in total. The van der Waals surface area contributed by atoms with E-state index in [-0.39, 0.29) is 5.82 Å². The summed E-state index contributed by atoms with van der Waals surface area (Å²) in [6.45, 7) is 3.37. The third-order valence-corrected chi connectivity index (χ3v) is 3.88. The maximum Gasteiger partial charge on any atom is 0.174 e. The van der Waals surface area contributed by atoms with Crippen LogP contribution in [0.4, 0.5) is 10.1 Å². The van der Waals surface area contributed by atoms with E-state index < -0.39 is 0 Å². The highest BCUT2D eigenvalue weighted by Crippen LogP contribution is 2.34. The number of nitrogens with one attached hydrogen (secondary N) is 1. The van der Waals surface area contributed by atoms with E-state index in [9.17, 15) is 4.39 Å². The van der Waals surface area contributed by atoms with Crippen LogP contribution in [0.5, 0.6) is 11.5 Å². The Balaban J connectivity index is 2.11. The third kappa shape index (κ3) is 4.50. The topological polar surface area (TPSA) is 30.5 Å². The summed E-state index contributed by atoms with van der Waals surface area (Å²) in [5, 5.41) is 3.26. The average Bonchev–Trinajstić information content (AvgIpc) is 2.53. The van der Waals surface area contributed by atoms with E-state index in [0.717, 1.165) is 32.7 Å². The summed E-state index contributed by atoms with van der Waals surface area (Å²) in [4.78, 5) is 0. The summed E-state index contributed by atoms with van der Waals surface area (Å²) in [6, 6.07) is 10.3. The summed E-state index contributed by atoms with van der Waals surface area (Å²) in [5.41, 5.74) is 1.95. The molecule has 2 rings (SSSR count). The first-order valence-corrected chi connectivity index (χ1v) is 8.20. The molecule has 0 radical (unpaired) electrons. The first kappa shape index (κ1) is 16.9. The quantitative estimate of drug-likeness (QED) is 0.657. The van der Waals surface area contributed by atoms with Gasteiger partial charge in [-0.1, -0.05) is 6.92 Å². The smallest absolute Gasteiger partial charge is 0.174 e. The molecule has 0 amide bonds. The van der Waals surface area contributed by atoms with E-state index in [2.05, 4.69) is 40.9 Å². The van der Waals surface area contributed by atoms with Crippen molar-refractivity contribution in [1.82, 2.24) is 0 Å². The Labute approximate surface area is 144 Å². The molecule has 2 aromatic carbocycles. The predicted octanol–water partition coefficient (Wildman–Crippen LogP) is 4.84. The first-order chi connectivity index (χ1) is 10.6. The molecule has 5 heteroatoms. The van der Waals surface area contributed by atoms with Gasteiger partial charge in [-0.2, -0.15) is 0 Å². The van der Waals surface area contributed by atoms with Gasteiger partial charge in [0.2, 0.25) is 0 Å². The van der Waals surface area contributed by atoms with Crippen LogP contribution in [0.25, 0.3) is 0 Å². The molecule has 0 heterocycles. The van der Waals surface area contributed by atoms with Crippen molar-refractivity contribution in [3.63, 3.8) is 0 Å². The normalized spacial score (nSPS) is 10.4. The fourth-order valence-corrected chi connectivity index (χ4v) is 2.81. The lowest BCUT2D eigenvalue weighted by molar-refractivity contribution is 0.292. The highest BCUT2D eigenvalue weighted by Gasteiger charge is 2.11. The molecule has 0 saturated carbocycles. The standard InChI is InChI=1S/C17H19FINO2/c1-3-8-22-17-15(19)9-12(10-16(17)21-2)11-20-14-6-4-13(18)5-7-14/h4-7,9-10,20H,3,8,11H2,1-2H3. The minimum absolute atomic E-state index is 0.237. The average molecular weight is 415 g/mol. The van der Waals surface area contributed by atoms with Crippen molar-refractivity contribution in [2.24, 2.45) is 0 Å². The molecule has 118 valence electrons. The van der Waals surface area contributed by atoms with Gasteiger partial charge >= 0.3 is 0 Å². The monoisotopic (exact) mass is 415 g/mol. The van der Waals surface area contributed by atoms with Crippen molar-refractivity contribution >= 4 is 28.3 Å². The van der Waals surface area contributed by atoms with Crippen molar-refractivity contribution in [1.29, 1.82) is 0 Å². The van der Waals surface area contributed by atoms with Crippen LogP contribution < -0.4 is 14.8 Å². The second-order valence-electron chi connectivity index (χ2n) is 4.82. The number of rotatable bonds is 7. The lowest BCUT2D eigenvalue weighted by Gasteiger charge is -2.14. The lowest BCUT2D eigenvalue weighted by Crippen LogP contribution is -2.04. The van der Waals surface area contributed by atoms with E-state index in [4.69, 9.17) is 9.47 Å². The molecule has 0 atom stereocenters. The van der Waals surface area contributed by atoms with Gasteiger partial charge in [0.25, 0.3) is 0 Å². The summed E-state index contributed by atoms with van der Waals surface area (Å²) < 4.78 is 25.1. The number of ether oxygens (including phenoxy) is 2. The van der Waals surface area contributed by atoms with Crippen molar-refractivity contribution in [3.05, 3.63) is 51.3 Å². The van der Waals surface area contributed by atoms with Crippen LogP contribution in [0.3, 0.4) is 0 Å². The summed E-state index contributed by atoms with van der Waals surface area (Å²) in [5.74, 6) is 1.28. The van der Waals surface area contributed by atoms with E-state index in [0.29, 0.717) is 13.2 Å². The van der Waals surface area contributed by atoms with Crippen LogP contribution in [0.15, 0.2) is 36.4 Å². The van der Waals surface area contributed by atoms with Crippen LogP contribution in [0, 0.1) is 9.39 Å². The molecule has 0 fully saturated rings. The summed E-state index contributed by atoms with van der Waals surface area (Å²) in [7, 11) is 1.64. The maximum absolute atomic E-state index is 12.9. The number of halogens is 2. The fourth-order valence-electron chi connectivity index (χ4n) is 1.99. The van der Waals surface area contributed by atoms with Gasteiger partial charge in [-0.3, -0.25) is 0 Å². The number of methoxy groups -OCH3 is 1. The van der Waals surface area contributed by atoms with E-state index in [1.807, 2.05) is 6.07 Å². The molecule has 0 aliphatic heterocycles. The fraction of sp³-hybridized carbons (Fsp3) is 0.294. The van der Waals surface area contributed by atoms with Crippen molar-refractivity contribution in [3.8, 4) is 11.5 Å². The Morgan fingerprint density at radius 2 is 1.91 bits per heavy atom. The molecule has 1 N–H and O–H groups in total. The summed E-state index contributed by atoms with van der Waals surface area (Å²) >= 11 is 2.25. The molecule has 0 aromatic heterocycles. The molecule has 2 aromatic rings. The van der Waals surface area contributed by atoms with E-state index >= 15 is 0 Å². The van der Waals surface area contributed by atoms with Gasteiger partial charge in [0, 0.05) is 12.2 Å². The maximum atomic E-state index is 12.9. The van der Waals surface area contributed by atoms with E-state index in [1.165, 1.54) is 12.1 Å². The Kier molecular flexibility index (Phi) is 6.30. The molecule has 0 aliphatic rings. The van der Waals surface area contributed by atoms with Crippen molar-refractivity contribution in [2.45, 2.75) is 19.9 Å². The SMILES string of the molecule is CCCOc1c(I)cc(CNc2ccc(F)cc2)cc1OC.